The second-order valence-corrected chi connectivity index (χ2v) is 7.66. The van der Waals surface area contributed by atoms with E-state index in [0.29, 0.717) is 17.0 Å². The Balaban J connectivity index is 2.58. The molecule has 0 aromatic heterocycles. The number of rotatable bonds is 6. The molecule has 0 aromatic carbocycles. The van der Waals surface area contributed by atoms with Crippen molar-refractivity contribution < 1.29 is 0 Å². The molecule has 0 amide bonds. The molecule has 1 fully saturated rings. The fourth-order valence-electron chi connectivity index (χ4n) is 2.98. The number of unbranched alkanes of at least 4 members (excludes halogenated alkanes) is 3. The summed E-state index contributed by atoms with van der Waals surface area (Å²) in [4.78, 5) is 2.76. The first-order chi connectivity index (χ1) is 8.83. The molecule has 0 aromatic rings. The van der Waals surface area contributed by atoms with Crippen LogP contribution in [-0.2, 0) is 0 Å². The largest absolute Gasteiger partial charge is 0.310 e. The highest BCUT2D eigenvalue weighted by molar-refractivity contribution is 4.98. The first-order valence-corrected chi connectivity index (χ1v) is 8.32. The summed E-state index contributed by atoms with van der Waals surface area (Å²) in [6.07, 6.45) is 6.71. The van der Waals surface area contributed by atoms with E-state index in [2.05, 4.69) is 51.8 Å². The maximum atomic E-state index is 3.79. The average Bonchev–Trinajstić information content (AvgIpc) is 2.35. The summed E-state index contributed by atoms with van der Waals surface area (Å²) in [7, 11) is 0. The molecular weight excluding hydrogens is 232 g/mol. The molecule has 0 spiro atoms. The molecule has 2 nitrogen and oxygen atoms in total. The SMILES string of the molecule is CCCCCCN1CC(C(C)(C)C)NCC1(C)CC. The third kappa shape index (κ3) is 4.75. The van der Waals surface area contributed by atoms with Gasteiger partial charge in [0.1, 0.15) is 0 Å². The molecule has 1 aliphatic heterocycles. The fraction of sp³-hybridized carbons (Fsp3) is 1.00. The van der Waals surface area contributed by atoms with Crippen LogP contribution >= 0.6 is 0 Å². The van der Waals surface area contributed by atoms with E-state index in [0.717, 1.165) is 6.54 Å². The summed E-state index contributed by atoms with van der Waals surface area (Å²) in [6.45, 7) is 17.7. The molecule has 114 valence electrons. The maximum absolute atomic E-state index is 3.79. The van der Waals surface area contributed by atoms with Crippen molar-refractivity contribution in [1.29, 1.82) is 0 Å². The number of nitrogens with one attached hydrogen (secondary N) is 1. The molecule has 0 radical (unpaired) electrons. The molecule has 19 heavy (non-hydrogen) atoms. The van der Waals surface area contributed by atoms with Gasteiger partial charge in [-0.15, -0.1) is 0 Å². The summed E-state index contributed by atoms with van der Waals surface area (Å²) in [5.74, 6) is 0. The van der Waals surface area contributed by atoms with Crippen molar-refractivity contribution in [2.45, 2.75) is 85.2 Å². The molecule has 1 N–H and O–H groups in total. The van der Waals surface area contributed by atoms with Crippen molar-refractivity contribution in [1.82, 2.24) is 10.2 Å². The summed E-state index contributed by atoms with van der Waals surface area (Å²) in [5.41, 5.74) is 0.713. The van der Waals surface area contributed by atoms with Gasteiger partial charge in [-0.3, -0.25) is 4.90 Å². The molecule has 1 heterocycles. The van der Waals surface area contributed by atoms with Crippen LogP contribution < -0.4 is 5.32 Å². The second kappa shape index (κ2) is 7.08. The summed E-state index contributed by atoms with van der Waals surface area (Å²) >= 11 is 0. The van der Waals surface area contributed by atoms with Crippen LogP contribution in [0.1, 0.15) is 73.6 Å². The lowest BCUT2D eigenvalue weighted by atomic mass is 9.81. The van der Waals surface area contributed by atoms with E-state index in [1.807, 2.05) is 0 Å². The topological polar surface area (TPSA) is 15.3 Å². The lowest BCUT2D eigenvalue weighted by Gasteiger charge is -2.51. The van der Waals surface area contributed by atoms with Gasteiger partial charge in [0.25, 0.3) is 0 Å². The number of hydrogen-bond acceptors (Lipinski definition) is 2. The quantitative estimate of drug-likeness (QED) is 0.731. The van der Waals surface area contributed by atoms with Crippen LogP contribution in [0.2, 0.25) is 0 Å². The third-order valence-corrected chi connectivity index (χ3v) is 4.98. The van der Waals surface area contributed by atoms with E-state index < -0.39 is 0 Å². The molecule has 0 aliphatic carbocycles. The van der Waals surface area contributed by atoms with E-state index in [1.54, 1.807) is 0 Å². The Bertz CT molecular complexity index is 256. The van der Waals surface area contributed by atoms with Crippen molar-refractivity contribution in [2.24, 2.45) is 5.41 Å². The van der Waals surface area contributed by atoms with Gasteiger partial charge in [0.2, 0.25) is 0 Å². The van der Waals surface area contributed by atoms with Crippen LogP contribution in [0.15, 0.2) is 0 Å². The number of hydrogen-bond donors (Lipinski definition) is 1. The van der Waals surface area contributed by atoms with Crippen LogP contribution in [-0.4, -0.2) is 36.1 Å². The van der Waals surface area contributed by atoms with Gasteiger partial charge in [-0.05, 0) is 31.7 Å². The lowest BCUT2D eigenvalue weighted by Crippen LogP contribution is -2.65. The standard InChI is InChI=1S/C17H36N2/c1-7-9-10-11-12-19-13-15(16(3,4)5)18-14-17(19,6)8-2/h15,18H,7-14H2,1-6H3. The molecule has 0 saturated carbocycles. The number of piperazine rings is 1. The predicted octanol–water partition coefficient (Wildman–Crippen LogP) is 4.06. The molecule has 0 bridgehead atoms. The van der Waals surface area contributed by atoms with Gasteiger partial charge in [0, 0.05) is 24.7 Å². The molecule has 1 rings (SSSR count). The van der Waals surface area contributed by atoms with Crippen LogP contribution in [0.25, 0.3) is 0 Å². The van der Waals surface area contributed by atoms with Crippen molar-refractivity contribution in [3.63, 3.8) is 0 Å². The zero-order chi connectivity index (χ0) is 14.5. The Labute approximate surface area is 121 Å². The summed E-state index contributed by atoms with van der Waals surface area (Å²) in [6, 6.07) is 0.623. The highest BCUT2D eigenvalue weighted by Gasteiger charge is 2.39. The maximum Gasteiger partial charge on any atom is 0.0303 e. The van der Waals surface area contributed by atoms with Gasteiger partial charge >= 0.3 is 0 Å². The minimum atomic E-state index is 0.355. The van der Waals surface area contributed by atoms with Crippen LogP contribution in [0.3, 0.4) is 0 Å². The monoisotopic (exact) mass is 268 g/mol. The first kappa shape index (κ1) is 17.0. The van der Waals surface area contributed by atoms with Gasteiger partial charge in [0.05, 0.1) is 0 Å². The second-order valence-electron chi connectivity index (χ2n) is 7.66. The molecule has 2 atom stereocenters. The normalized spacial score (nSPS) is 29.7. The van der Waals surface area contributed by atoms with E-state index in [4.69, 9.17) is 0 Å². The average molecular weight is 268 g/mol. The van der Waals surface area contributed by atoms with Gasteiger partial charge in [0.15, 0.2) is 0 Å². The smallest absolute Gasteiger partial charge is 0.0303 e. The van der Waals surface area contributed by atoms with Gasteiger partial charge < -0.3 is 5.32 Å². The minimum absolute atomic E-state index is 0.355. The van der Waals surface area contributed by atoms with Crippen molar-refractivity contribution >= 4 is 0 Å². The van der Waals surface area contributed by atoms with Crippen LogP contribution in [0.5, 0.6) is 0 Å². The Morgan fingerprint density at radius 1 is 1.16 bits per heavy atom. The van der Waals surface area contributed by atoms with E-state index in [1.165, 1.54) is 45.2 Å². The third-order valence-electron chi connectivity index (χ3n) is 4.98. The number of nitrogens with zero attached hydrogens (tertiary/aromatic N) is 1. The first-order valence-electron chi connectivity index (χ1n) is 8.32. The predicted molar refractivity (Wildman–Crippen MR) is 85.7 cm³/mol. The Morgan fingerprint density at radius 2 is 1.84 bits per heavy atom. The summed E-state index contributed by atoms with van der Waals surface area (Å²) < 4.78 is 0. The van der Waals surface area contributed by atoms with Gasteiger partial charge in [-0.25, -0.2) is 0 Å². The van der Waals surface area contributed by atoms with Crippen LogP contribution in [0.4, 0.5) is 0 Å². The molecule has 1 saturated heterocycles. The molecule has 2 unspecified atom stereocenters. The fourth-order valence-corrected chi connectivity index (χ4v) is 2.98. The highest BCUT2D eigenvalue weighted by Crippen LogP contribution is 2.29. The highest BCUT2D eigenvalue weighted by atomic mass is 15.3. The van der Waals surface area contributed by atoms with E-state index >= 15 is 0 Å². The van der Waals surface area contributed by atoms with Crippen molar-refractivity contribution in [3.05, 3.63) is 0 Å². The Hall–Kier alpha value is -0.0800. The van der Waals surface area contributed by atoms with Gasteiger partial charge in [-0.1, -0.05) is 53.9 Å². The van der Waals surface area contributed by atoms with E-state index in [-0.39, 0.29) is 0 Å². The van der Waals surface area contributed by atoms with E-state index in [9.17, 15) is 0 Å². The Morgan fingerprint density at radius 3 is 2.37 bits per heavy atom. The minimum Gasteiger partial charge on any atom is -0.310 e. The molecule has 1 aliphatic rings. The molecular formula is C17H36N2. The lowest BCUT2D eigenvalue weighted by molar-refractivity contribution is 0.0209. The van der Waals surface area contributed by atoms with Crippen molar-refractivity contribution in [2.75, 3.05) is 19.6 Å². The summed E-state index contributed by atoms with van der Waals surface area (Å²) in [5, 5.41) is 3.79. The Kier molecular flexibility index (Phi) is 6.32. The van der Waals surface area contributed by atoms with Crippen LogP contribution in [0, 0.1) is 5.41 Å². The zero-order valence-electron chi connectivity index (χ0n) is 14.2. The molecule has 2 heteroatoms. The van der Waals surface area contributed by atoms with Gasteiger partial charge in [-0.2, -0.15) is 0 Å². The van der Waals surface area contributed by atoms with Crippen molar-refractivity contribution in [3.8, 4) is 0 Å². The zero-order valence-corrected chi connectivity index (χ0v) is 14.2.